The van der Waals surface area contributed by atoms with Gasteiger partial charge in [-0.2, -0.15) is 0 Å². The largest absolute Gasteiger partial charge is 0.390 e. The molecule has 0 unspecified atom stereocenters. The monoisotopic (exact) mass is 577 g/mol. The number of unbranched alkanes of at least 4 members (excludes halogenated alkanes) is 1. The summed E-state index contributed by atoms with van der Waals surface area (Å²) in [5, 5.41) is 17.9. The molecule has 1 amide bonds. The fourth-order valence-electron chi connectivity index (χ4n) is 5.64. The molecule has 0 bridgehead atoms. The van der Waals surface area contributed by atoms with Crippen LogP contribution in [0.15, 0.2) is 60.7 Å². The third kappa shape index (κ3) is 8.69. The minimum absolute atomic E-state index is 0.0833. The highest BCUT2D eigenvalue weighted by atomic mass is 19.1. The summed E-state index contributed by atoms with van der Waals surface area (Å²) < 4.78 is 28.1. The van der Waals surface area contributed by atoms with Gasteiger partial charge in [0.15, 0.2) is 0 Å². The van der Waals surface area contributed by atoms with Crippen molar-refractivity contribution in [2.24, 2.45) is 0 Å². The number of carbonyl (C=O) groups is 1. The van der Waals surface area contributed by atoms with E-state index in [0.717, 1.165) is 62.4 Å². The predicted octanol–water partition coefficient (Wildman–Crippen LogP) is 6.05. The molecule has 0 spiro atoms. The second kappa shape index (κ2) is 14.4. The van der Waals surface area contributed by atoms with Crippen molar-refractivity contribution in [1.82, 2.24) is 15.5 Å². The summed E-state index contributed by atoms with van der Waals surface area (Å²) in [4.78, 5) is 15.8. The van der Waals surface area contributed by atoms with Crippen LogP contribution in [-0.2, 0) is 24.9 Å². The topological polar surface area (TPSA) is 64.6 Å². The van der Waals surface area contributed by atoms with Crippen LogP contribution in [0.5, 0.6) is 0 Å². The molecule has 4 rings (SSSR count). The molecule has 3 aromatic carbocycles. The van der Waals surface area contributed by atoms with E-state index in [9.17, 15) is 18.7 Å². The minimum atomic E-state index is -0.989. The molecule has 1 fully saturated rings. The Morgan fingerprint density at radius 2 is 1.74 bits per heavy atom. The number of rotatable bonds is 15. The van der Waals surface area contributed by atoms with E-state index in [1.807, 2.05) is 19.1 Å². The summed E-state index contributed by atoms with van der Waals surface area (Å²) in [6.45, 7) is 8.17. The van der Waals surface area contributed by atoms with Crippen LogP contribution >= 0.6 is 0 Å². The fourth-order valence-corrected chi connectivity index (χ4v) is 5.64. The van der Waals surface area contributed by atoms with Crippen molar-refractivity contribution < 1.29 is 18.7 Å². The quantitative estimate of drug-likeness (QED) is 0.206. The van der Waals surface area contributed by atoms with E-state index in [1.165, 1.54) is 23.3 Å². The number of aliphatic hydroxyl groups excluding tert-OH is 1. The first-order valence-corrected chi connectivity index (χ1v) is 15.2. The first-order valence-electron chi connectivity index (χ1n) is 15.2. The van der Waals surface area contributed by atoms with Crippen molar-refractivity contribution in [3.63, 3.8) is 0 Å². The Kier molecular flexibility index (Phi) is 10.9. The number of halogens is 2. The van der Waals surface area contributed by atoms with Crippen molar-refractivity contribution in [3.8, 4) is 0 Å². The van der Waals surface area contributed by atoms with Crippen molar-refractivity contribution in [3.05, 3.63) is 106 Å². The van der Waals surface area contributed by atoms with Crippen LogP contribution in [0.3, 0.4) is 0 Å². The molecular weight excluding hydrogens is 532 g/mol. The lowest BCUT2D eigenvalue weighted by molar-refractivity contribution is 0.0821. The van der Waals surface area contributed by atoms with E-state index in [-0.39, 0.29) is 24.4 Å². The lowest BCUT2D eigenvalue weighted by Crippen LogP contribution is -2.50. The standard InChI is InChI=1S/C35H45F2N3O2/c1-5-7-13-40(4)23-27-14-24(3)15-28(16-27)34(42)39-32(20-26-18-30(36)21-31(37)19-26)33(41)22-38-35(11-12-35)29-10-8-9-25(6-2)17-29/h8-10,14-19,21,32-33,38,41H,5-7,11-13,20,22-23H2,1-4H3,(H,39,42)/t32-,33+/m0/s1. The SMILES string of the molecule is CCCCN(C)Cc1cc(C)cc(C(=O)N[C@@H](Cc2cc(F)cc(F)c2)[C@H](O)CNC2(c3cccc(CC)c3)CC2)c1. The van der Waals surface area contributed by atoms with Gasteiger partial charge in [-0.1, -0.05) is 56.2 Å². The average Bonchev–Trinajstić information content (AvgIpc) is 3.75. The van der Waals surface area contributed by atoms with Gasteiger partial charge in [-0.3, -0.25) is 4.79 Å². The van der Waals surface area contributed by atoms with Gasteiger partial charge in [-0.05, 0) is 99.1 Å². The van der Waals surface area contributed by atoms with Gasteiger partial charge in [0.05, 0.1) is 12.1 Å². The molecule has 0 radical (unpaired) electrons. The van der Waals surface area contributed by atoms with Gasteiger partial charge >= 0.3 is 0 Å². The first kappa shape index (κ1) is 31.8. The van der Waals surface area contributed by atoms with E-state index in [4.69, 9.17) is 0 Å². The van der Waals surface area contributed by atoms with Crippen molar-refractivity contribution >= 4 is 5.91 Å². The maximum atomic E-state index is 14.0. The second-order valence-corrected chi connectivity index (χ2v) is 11.9. The fraction of sp³-hybridized carbons (Fsp3) is 0.457. The number of benzene rings is 3. The van der Waals surface area contributed by atoms with Crippen LogP contribution in [0.1, 0.15) is 77.7 Å². The van der Waals surface area contributed by atoms with E-state index in [2.05, 4.69) is 66.8 Å². The molecule has 3 N–H and O–H groups in total. The van der Waals surface area contributed by atoms with Crippen molar-refractivity contribution in [2.45, 2.75) is 83.5 Å². The van der Waals surface area contributed by atoms with Crippen LogP contribution in [-0.4, -0.2) is 48.2 Å². The highest BCUT2D eigenvalue weighted by Gasteiger charge is 2.44. The normalized spacial score (nSPS) is 15.4. The third-order valence-corrected chi connectivity index (χ3v) is 8.19. The van der Waals surface area contributed by atoms with Crippen LogP contribution in [0.2, 0.25) is 0 Å². The number of amides is 1. The number of hydrogen-bond donors (Lipinski definition) is 3. The van der Waals surface area contributed by atoms with E-state index in [1.54, 1.807) is 0 Å². The van der Waals surface area contributed by atoms with Crippen LogP contribution in [0, 0.1) is 18.6 Å². The van der Waals surface area contributed by atoms with Crippen molar-refractivity contribution in [2.75, 3.05) is 20.1 Å². The Balaban J connectivity index is 1.51. The highest BCUT2D eigenvalue weighted by Crippen LogP contribution is 2.45. The Morgan fingerprint density at radius 1 is 1.00 bits per heavy atom. The van der Waals surface area contributed by atoms with Crippen LogP contribution < -0.4 is 10.6 Å². The molecule has 0 aliphatic heterocycles. The number of hydrogen-bond acceptors (Lipinski definition) is 4. The number of nitrogens with one attached hydrogen (secondary N) is 2. The van der Waals surface area contributed by atoms with E-state index in [0.29, 0.717) is 11.1 Å². The van der Waals surface area contributed by atoms with E-state index >= 15 is 0 Å². The summed E-state index contributed by atoms with van der Waals surface area (Å²) >= 11 is 0. The summed E-state index contributed by atoms with van der Waals surface area (Å²) in [7, 11) is 2.07. The summed E-state index contributed by atoms with van der Waals surface area (Å²) in [6.07, 6.45) is 4.17. The van der Waals surface area contributed by atoms with Crippen LogP contribution in [0.4, 0.5) is 8.78 Å². The molecular formula is C35H45F2N3O2. The molecule has 0 aromatic heterocycles. The maximum Gasteiger partial charge on any atom is 0.251 e. The third-order valence-electron chi connectivity index (χ3n) is 8.19. The van der Waals surface area contributed by atoms with Gasteiger partial charge < -0.3 is 20.6 Å². The molecule has 2 atom stereocenters. The van der Waals surface area contributed by atoms with Gasteiger partial charge in [0.25, 0.3) is 5.91 Å². The minimum Gasteiger partial charge on any atom is -0.390 e. The highest BCUT2D eigenvalue weighted by molar-refractivity contribution is 5.94. The van der Waals surface area contributed by atoms with Gasteiger partial charge in [0, 0.05) is 30.3 Å². The van der Waals surface area contributed by atoms with Gasteiger partial charge in [-0.25, -0.2) is 8.78 Å². The Hall–Kier alpha value is -3.13. The first-order chi connectivity index (χ1) is 20.1. The van der Waals surface area contributed by atoms with Gasteiger partial charge in [-0.15, -0.1) is 0 Å². The summed E-state index contributed by atoms with van der Waals surface area (Å²) in [5.41, 5.74) is 5.12. The summed E-state index contributed by atoms with van der Waals surface area (Å²) in [5.74, 6) is -1.70. The Bertz CT molecular complexity index is 1340. The lowest BCUT2D eigenvalue weighted by Gasteiger charge is -2.28. The Labute approximate surface area is 249 Å². The summed E-state index contributed by atoms with van der Waals surface area (Å²) in [6, 6.07) is 16.8. The second-order valence-electron chi connectivity index (χ2n) is 11.9. The molecule has 226 valence electrons. The molecule has 1 saturated carbocycles. The molecule has 7 heteroatoms. The lowest BCUT2D eigenvalue weighted by atomic mass is 9.97. The zero-order valence-corrected chi connectivity index (χ0v) is 25.4. The van der Waals surface area contributed by atoms with E-state index < -0.39 is 23.8 Å². The predicted molar refractivity (Wildman–Crippen MR) is 164 cm³/mol. The molecule has 1 aliphatic carbocycles. The number of aliphatic hydroxyl groups is 1. The average molecular weight is 578 g/mol. The number of carbonyl (C=O) groups excluding carboxylic acids is 1. The van der Waals surface area contributed by atoms with Gasteiger partial charge in [0.1, 0.15) is 11.6 Å². The molecule has 1 aliphatic rings. The van der Waals surface area contributed by atoms with Gasteiger partial charge in [0.2, 0.25) is 0 Å². The van der Waals surface area contributed by atoms with Crippen molar-refractivity contribution in [1.29, 1.82) is 0 Å². The van der Waals surface area contributed by atoms with Crippen LogP contribution in [0.25, 0.3) is 0 Å². The number of nitrogens with zero attached hydrogens (tertiary/aromatic N) is 1. The number of aryl methyl sites for hydroxylation is 2. The molecule has 5 nitrogen and oxygen atoms in total. The zero-order chi connectivity index (χ0) is 30.3. The smallest absolute Gasteiger partial charge is 0.251 e. The molecule has 0 heterocycles. The zero-order valence-electron chi connectivity index (χ0n) is 25.4. The molecule has 3 aromatic rings. The molecule has 0 saturated heterocycles. The maximum absolute atomic E-state index is 14.0. The Morgan fingerprint density at radius 3 is 2.40 bits per heavy atom. The molecule has 42 heavy (non-hydrogen) atoms.